The summed E-state index contributed by atoms with van der Waals surface area (Å²) in [6.07, 6.45) is 1.62. The fraction of sp³-hybridized carbons (Fsp3) is 0.556. The molecule has 2 N–H and O–H groups in total. The molecule has 0 aliphatic carbocycles. The van der Waals surface area contributed by atoms with Crippen molar-refractivity contribution in [2.24, 2.45) is 5.41 Å². The molecule has 22 heavy (non-hydrogen) atoms. The molecule has 0 aliphatic heterocycles. The highest BCUT2D eigenvalue weighted by molar-refractivity contribution is 5.87. The van der Waals surface area contributed by atoms with Gasteiger partial charge in [-0.2, -0.15) is 5.26 Å². The van der Waals surface area contributed by atoms with E-state index in [9.17, 15) is 9.90 Å². The summed E-state index contributed by atoms with van der Waals surface area (Å²) >= 11 is 0. The molecule has 0 atom stereocenters. The predicted octanol–water partition coefficient (Wildman–Crippen LogP) is 2.75. The lowest BCUT2D eigenvalue weighted by atomic mass is 9.80. The van der Waals surface area contributed by atoms with Gasteiger partial charge in [-0.05, 0) is 44.4 Å². The topological polar surface area (TPSA) is 73.1 Å². The van der Waals surface area contributed by atoms with E-state index in [1.165, 1.54) is 0 Å². The third-order valence-electron chi connectivity index (χ3n) is 4.74. The molecule has 0 radical (unpaired) electrons. The maximum atomic E-state index is 12.6. The van der Waals surface area contributed by atoms with Gasteiger partial charge in [-0.1, -0.05) is 26.0 Å². The van der Waals surface area contributed by atoms with Crippen LogP contribution in [0.25, 0.3) is 0 Å². The van der Waals surface area contributed by atoms with Gasteiger partial charge in [0.2, 0.25) is 5.91 Å². The lowest BCUT2D eigenvalue weighted by Gasteiger charge is -2.32. The van der Waals surface area contributed by atoms with Crippen molar-refractivity contribution < 1.29 is 9.90 Å². The zero-order chi connectivity index (χ0) is 16.8. The Hall–Kier alpha value is -1.86. The molecule has 0 unspecified atom stereocenters. The van der Waals surface area contributed by atoms with Crippen molar-refractivity contribution in [1.29, 1.82) is 5.26 Å². The Labute approximate surface area is 133 Å². The van der Waals surface area contributed by atoms with E-state index in [1.54, 1.807) is 18.2 Å². The van der Waals surface area contributed by atoms with Crippen LogP contribution in [-0.4, -0.2) is 24.2 Å². The molecule has 0 aliphatic rings. The normalized spacial score (nSPS) is 11.8. The van der Waals surface area contributed by atoms with Gasteiger partial charge in [0.1, 0.15) is 0 Å². The van der Waals surface area contributed by atoms with Crippen LogP contribution in [0.2, 0.25) is 0 Å². The van der Waals surface area contributed by atoms with Gasteiger partial charge < -0.3 is 10.4 Å². The monoisotopic (exact) mass is 302 g/mol. The molecule has 0 saturated heterocycles. The van der Waals surface area contributed by atoms with Gasteiger partial charge in [-0.15, -0.1) is 0 Å². The molecular formula is C18H26N2O2. The Kier molecular flexibility index (Phi) is 6.13. The number of hydrogen-bond acceptors (Lipinski definition) is 3. The first-order valence-electron chi connectivity index (χ1n) is 7.75. The molecule has 4 heteroatoms. The Bertz CT molecular complexity index is 546. The fourth-order valence-corrected chi connectivity index (χ4v) is 2.38. The molecule has 0 saturated carbocycles. The van der Waals surface area contributed by atoms with Crippen molar-refractivity contribution in [3.63, 3.8) is 0 Å². The third kappa shape index (κ3) is 3.86. The molecule has 0 spiro atoms. The summed E-state index contributed by atoms with van der Waals surface area (Å²) in [6, 6.07) is 9.22. The summed E-state index contributed by atoms with van der Waals surface area (Å²) in [5.74, 6) is -0.0951. The molecule has 4 nitrogen and oxygen atoms in total. The number of hydrogen-bond donors (Lipinski definition) is 2. The van der Waals surface area contributed by atoms with Crippen molar-refractivity contribution in [3.8, 4) is 6.07 Å². The lowest BCUT2D eigenvalue weighted by molar-refractivity contribution is -0.126. The Balaban J connectivity index is 2.89. The van der Waals surface area contributed by atoms with Crippen LogP contribution < -0.4 is 5.32 Å². The maximum Gasteiger partial charge on any atom is 0.230 e. The van der Waals surface area contributed by atoms with Crippen molar-refractivity contribution in [1.82, 2.24) is 5.32 Å². The second-order valence-corrected chi connectivity index (χ2v) is 6.37. The molecule has 120 valence electrons. The average Bonchev–Trinajstić information content (AvgIpc) is 2.56. The summed E-state index contributed by atoms with van der Waals surface area (Å²) in [5, 5.41) is 21.6. The van der Waals surface area contributed by atoms with Crippen LogP contribution in [0, 0.1) is 16.7 Å². The van der Waals surface area contributed by atoms with Crippen molar-refractivity contribution in [2.45, 2.75) is 46.0 Å². The van der Waals surface area contributed by atoms with Gasteiger partial charge >= 0.3 is 0 Å². The van der Waals surface area contributed by atoms with Gasteiger partial charge in [-0.3, -0.25) is 4.79 Å². The van der Waals surface area contributed by atoms with Crippen LogP contribution in [0.1, 0.15) is 51.7 Å². The van der Waals surface area contributed by atoms with Gasteiger partial charge in [-0.25, -0.2) is 0 Å². The van der Waals surface area contributed by atoms with E-state index >= 15 is 0 Å². The zero-order valence-electron chi connectivity index (χ0n) is 13.9. The lowest BCUT2D eigenvalue weighted by Crippen LogP contribution is -2.46. The Morgan fingerprint density at radius 3 is 2.45 bits per heavy atom. The van der Waals surface area contributed by atoms with Crippen LogP contribution in [-0.2, 0) is 10.2 Å². The van der Waals surface area contributed by atoms with E-state index in [2.05, 4.69) is 11.4 Å². The molecule has 1 rings (SSSR count). The van der Waals surface area contributed by atoms with E-state index in [4.69, 9.17) is 5.26 Å². The highest BCUT2D eigenvalue weighted by Gasteiger charge is 2.32. The summed E-state index contributed by atoms with van der Waals surface area (Å²) in [4.78, 5) is 12.6. The second-order valence-electron chi connectivity index (χ2n) is 6.37. The number of aliphatic hydroxyl groups excluding tert-OH is 1. The number of rotatable bonds is 7. The number of carbonyl (C=O) groups excluding carboxylic acids is 1. The van der Waals surface area contributed by atoms with E-state index in [0.29, 0.717) is 12.1 Å². The number of aliphatic hydroxyl groups is 1. The number of amides is 1. The highest BCUT2D eigenvalue weighted by atomic mass is 16.3. The Morgan fingerprint density at radius 1 is 1.32 bits per heavy atom. The zero-order valence-corrected chi connectivity index (χ0v) is 13.9. The second kappa shape index (κ2) is 7.42. The minimum absolute atomic E-state index is 0.0601. The number of benzene rings is 1. The van der Waals surface area contributed by atoms with Crippen LogP contribution in [0.15, 0.2) is 24.3 Å². The smallest absolute Gasteiger partial charge is 0.230 e. The minimum Gasteiger partial charge on any atom is -0.396 e. The summed E-state index contributed by atoms with van der Waals surface area (Å²) < 4.78 is 0. The molecule has 1 aromatic carbocycles. The standard InChI is InChI=1S/C18H26N2O2/c1-5-18(6-2,13-21)12-20-16(22)17(3,4)15-9-7-8-14(10-15)11-19/h7-10,21H,5-6,12-13H2,1-4H3,(H,20,22). The van der Waals surface area contributed by atoms with E-state index in [0.717, 1.165) is 18.4 Å². The maximum absolute atomic E-state index is 12.6. The van der Waals surface area contributed by atoms with E-state index in [1.807, 2.05) is 33.8 Å². The van der Waals surface area contributed by atoms with Crippen LogP contribution in [0.3, 0.4) is 0 Å². The Morgan fingerprint density at radius 2 is 1.95 bits per heavy atom. The minimum atomic E-state index is -0.727. The molecule has 0 bridgehead atoms. The largest absolute Gasteiger partial charge is 0.396 e. The summed E-state index contributed by atoms with van der Waals surface area (Å²) in [7, 11) is 0. The molecule has 0 heterocycles. The first-order chi connectivity index (χ1) is 10.3. The van der Waals surface area contributed by atoms with Crippen molar-refractivity contribution in [3.05, 3.63) is 35.4 Å². The number of nitrogens with one attached hydrogen (secondary N) is 1. The van der Waals surface area contributed by atoms with Crippen molar-refractivity contribution in [2.75, 3.05) is 13.2 Å². The van der Waals surface area contributed by atoms with E-state index in [-0.39, 0.29) is 17.9 Å². The third-order valence-corrected chi connectivity index (χ3v) is 4.74. The number of nitriles is 1. The highest BCUT2D eigenvalue weighted by Crippen LogP contribution is 2.27. The van der Waals surface area contributed by atoms with Gasteiger partial charge in [0.15, 0.2) is 0 Å². The van der Waals surface area contributed by atoms with Crippen LogP contribution in [0.5, 0.6) is 0 Å². The van der Waals surface area contributed by atoms with E-state index < -0.39 is 5.41 Å². The van der Waals surface area contributed by atoms with Gasteiger partial charge in [0, 0.05) is 12.0 Å². The molecular weight excluding hydrogens is 276 g/mol. The SMILES string of the molecule is CCC(CC)(CO)CNC(=O)C(C)(C)c1cccc(C#N)c1. The van der Waals surface area contributed by atoms with Crippen LogP contribution in [0.4, 0.5) is 0 Å². The summed E-state index contributed by atoms with van der Waals surface area (Å²) in [6.45, 7) is 8.25. The fourth-order valence-electron chi connectivity index (χ4n) is 2.38. The first-order valence-corrected chi connectivity index (χ1v) is 7.75. The molecule has 1 aromatic rings. The van der Waals surface area contributed by atoms with Crippen LogP contribution >= 0.6 is 0 Å². The van der Waals surface area contributed by atoms with Crippen molar-refractivity contribution >= 4 is 5.91 Å². The average molecular weight is 302 g/mol. The first kappa shape index (κ1) is 18.2. The van der Waals surface area contributed by atoms with Gasteiger partial charge in [0.25, 0.3) is 0 Å². The molecule has 0 aromatic heterocycles. The quantitative estimate of drug-likeness (QED) is 0.813. The number of nitrogens with zero attached hydrogens (tertiary/aromatic N) is 1. The molecule has 0 fully saturated rings. The number of carbonyl (C=O) groups is 1. The molecule has 1 amide bonds. The summed E-state index contributed by atoms with van der Waals surface area (Å²) in [5.41, 5.74) is 0.368. The predicted molar refractivity (Wildman–Crippen MR) is 87.3 cm³/mol. The van der Waals surface area contributed by atoms with Gasteiger partial charge in [0.05, 0.1) is 23.7 Å².